The maximum Gasteiger partial charge on any atom is 0.334 e. The second kappa shape index (κ2) is 11.2. The van der Waals surface area contributed by atoms with Crippen molar-refractivity contribution in [3.05, 3.63) is 93.5 Å². The van der Waals surface area contributed by atoms with Crippen molar-refractivity contribution in [2.24, 2.45) is 0 Å². The van der Waals surface area contributed by atoms with Crippen LogP contribution >= 0.6 is 23.2 Å². The number of carboxylic acid groups (broad SMARTS) is 1. The van der Waals surface area contributed by atoms with E-state index in [2.05, 4.69) is 5.32 Å². The number of aliphatic carboxylic acids is 1. The minimum atomic E-state index is -2.04. The fourth-order valence-corrected chi connectivity index (χ4v) is 4.25. The summed E-state index contributed by atoms with van der Waals surface area (Å²) in [5, 5.41) is 22.7. The number of rotatable bonds is 10. The first-order valence-electron chi connectivity index (χ1n) is 10.3. The molecule has 0 aliphatic carbocycles. The van der Waals surface area contributed by atoms with Crippen LogP contribution in [0.15, 0.2) is 66.7 Å². The van der Waals surface area contributed by atoms with Gasteiger partial charge in [0.2, 0.25) is 0 Å². The minimum Gasteiger partial charge on any atom is -0.496 e. The Morgan fingerprint density at radius 3 is 2.15 bits per heavy atom. The van der Waals surface area contributed by atoms with E-state index in [0.717, 1.165) is 0 Å². The zero-order chi connectivity index (χ0) is 24.7. The number of ether oxygens (including phenoxy) is 2. The van der Waals surface area contributed by atoms with Gasteiger partial charge in [0.1, 0.15) is 18.1 Å². The van der Waals surface area contributed by atoms with Gasteiger partial charge in [0.15, 0.2) is 5.54 Å². The van der Waals surface area contributed by atoms with Crippen LogP contribution in [0.5, 0.6) is 11.5 Å². The van der Waals surface area contributed by atoms with Gasteiger partial charge in [0, 0.05) is 6.42 Å². The number of halogens is 2. The number of benzene rings is 3. The first-order valence-corrected chi connectivity index (χ1v) is 11.0. The molecule has 0 saturated carbocycles. The van der Waals surface area contributed by atoms with E-state index >= 15 is 0 Å². The lowest BCUT2D eigenvalue weighted by Crippen LogP contribution is -2.54. The Morgan fingerprint density at radius 2 is 1.56 bits per heavy atom. The van der Waals surface area contributed by atoms with E-state index in [0.29, 0.717) is 5.56 Å². The molecule has 0 heterocycles. The Hall–Kier alpha value is -3.26. The topological polar surface area (TPSA) is 105 Å². The number of aliphatic hydroxyl groups excluding tert-OH is 1. The Labute approximate surface area is 206 Å². The predicted octanol–water partition coefficient (Wildman–Crippen LogP) is 4.33. The molecule has 34 heavy (non-hydrogen) atoms. The van der Waals surface area contributed by atoms with Gasteiger partial charge >= 0.3 is 5.97 Å². The van der Waals surface area contributed by atoms with Gasteiger partial charge in [-0.15, -0.1) is 0 Å². The lowest BCUT2D eigenvalue weighted by molar-refractivity contribution is -0.145. The van der Waals surface area contributed by atoms with Gasteiger partial charge in [-0.2, -0.15) is 0 Å². The summed E-state index contributed by atoms with van der Waals surface area (Å²) in [5.74, 6) is -1.82. The molecule has 0 radical (unpaired) electrons. The molecule has 0 unspecified atom stereocenters. The number of carbonyl (C=O) groups is 2. The fraction of sp³-hybridized carbons (Fsp3) is 0.200. The summed E-state index contributed by atoms with van der Waals surface area (Å²) in [6, 6.07) is 18.1. The second-order valence-electron chi connectivity index (χ2n) is 7.33. The molecular formula is C25H23Cl2NO6. The monoisotopic (exact) mass is 503 g/mol. The summed E-state index contributed by atoms with van der Waals surface area (Å²) in [6.07, 6.45) is -0.146. The molecule has 9 heteroatoms. The quantitative estimate of drug-likeness (QED) is 0.380. The molecule has 178 valence electrons. The molecule has 0 bridgehead atoms. The second-order valence-corrected chi connectivity index (χ2v) is 8.14. The Kier molecular flexibility index (Phi) is 8.39. The fourth-order valence-electron chi connectivity index (χ4n) is 3.68. The maximum atomic E-state index is 13.4. The van der Waals surface area contributed by atoms with Crippen LogP contribution in [0.1, 0.15) is 21.5 Å². The van der Waals surface area contributed by atoms with Crippen molar-refractivity contribution >= 4 is 35.1 Å². The number of nitrogens with one attached hydrogen (secondary N) is 1. The van der Waals surface area contributed by atoms with Gasteiger partial charge in [-0.1, -0.05) is 65.7 Å². The van der Waals surface area contributed by atoms with Crippen LogP contribution in [0.2, 0.25) is 10.0 Å². The van der Waals surface area contributed by atoms with Gasteiger partial charge < -0.3 is 25.0 Å². The molecule has 3 N–H and O–H groups in total. The third-order valence-corrected chi connectivity index (χ3v) is 5.81. The number of hydrogen-bond acceptors (Lipinski definition) is 5. The SMILES string of the molecule is COc1cccc(OCCO)c1[C@@](Cc1ccccc1)(NC(=O)c1c(Cl)cccc1Cl)C(=O)O. The standard InChI is InChI=1S/C25H23Cl2NO6/c1-33-19-11-6-12-20(34-14-13-29)22(19)25(24(31)32,15-16-7-3-2-4-8-16)28-23(30)21-17(26)9-5-10-18(21)27/h2-12,29H,13-15H2,1H3,(H,28,30)(H,31,32)/t25-/m1/s1. The van der Waals surface area contributed by atoms with Crippen LogP contribution in [-0.2, 0) is 16.8 Å². The van der Waals surface area contributed by atoms with Crippen LogP contribution in [0.4, 0.5) is 0 Å². The van der Waals surface area contributed by atoms with Crippen molar-refractivity contribution in [1.29, 1.82) is 0 Å². The molecule has 0 fully saturated rings. The van der Waals surface area contributed by atoms with E-state index < -0.39 is 17.4 Å². The van der Waals surface area contributed by atoms with Crippen molar-refractivity contribution in [2.75, 3.05) is 20.3 Å². The molecule has 0 aliphatic heterocycles. The number of amides is 1. The number of aliphatic hydroxyl groups is 1. The highest BCUT2D eigenvalue weighted by Crippen LogP contribution is 2.41. The molecule has 0 saturated heterocycles. The van der Waals surface area contributed by atoms with Gasteiger partial charge in [-0.3, -0.25) is 4.79 Å². The maximum absolute atomic E-state index is 13.4. The Bertz CT molecular complexity index is 1150. The summed E-state index contributed by atoms with van der Waals surface area (Å²) in [6.45, 7) is -0.386. The molecule has 3 aromatic carbocycles. The largest absolute Gasteiger partial charge is 0.496 e. The highest BCUT2D eigenvalue weighted by Gasteiger charge is 2.47. The summed E-state index contributed by atoms with van der Waals surface area (Å²) in [7, 11) is 1.39. The Morgan fingerprint density at radius 1 is 0.941 bits per heavy atom. The van der Waals surface area contributed by atoms with Crippen LogP contribution in [-0.4, -0.2) is 42.4 Å². The zero-order valence-electron chi connectivity index (χ0n) is 18.3. The number of methoxy groups -OCH3 is 1. The summed E-state index contributed by atoms with van der Waals surface area (Å²) >= 11 is 12.5. The molecule has 3 aromatic rings. The number of hydrogen-bond donors (Lipinski definition) is 3. The van der Waals surface area contributed by atoms with E-state index in [1.165, 1.54) is 19.2 Å². The van der Waals surface area contributed by atoms with Crippen LogP contribution < -0.4 is 14.8 Å². The Balaban J connectivity index is 2.26. The number of carbonyl (C=O) groups excluding carboxylic acids is 1. The van der Waals surface area contributed by atoms with Gasteiger partial charge in [0.05, 0.1) is 34.9 Å². The molecule has 0 aliphatic rings. The first kappa shape index (κ1) is 25.4. The minimum absolute atomic E-state index is 0.0581. The summed E-state index contributed by atoms with van der Waals surface area (Å²) in [5.41, 5.74) is -1.39. The van der Waals surface area contributed by atoms with E-state index in [1.807, 2.05) is 0 Å². The van der Waals surface area contributed by atoms with Gasteiger partial charge in [-0.05, 0) is 29.8 Å². The number of carboxylic acids is 1. The molecule has 7 nitrogen and oxygen atoms in total. The van der Waals surface area contributed by atoms with E-state index in [9.17, 15) is 19.8 Å². The van der Waals surface area contributed by atoms with Crippen molar-refractivity contribution in [1.82, 2.24) is 5.32 Å². The molecule has 1 amide bonds. The molecular weight excluding hydrogens is 481 g/mol. The smallest absolute Gasteiger partial charge is 0.334 e. The average molecular weight is 504 g/mol. The van der Waals surface area contributed by atoms with E-state index in [4.69, 9.17) is 32.7 Å². The predicted molar refractivity (Wildman–Crippen MR) is 129 cm³/mol. The van der Waals surface area contributed by atoms with Gasteiger partial charge in [0.25, 0.3) is 5.91 Å². The zero-order valence-corrected chi connectivity index (χ0v) is 19.8. The lowest BCUT2D eigenvalue weighted by atomic mass is 9.82. The third-order valence-electron chi connectivity index (χ3n) is 5.18. The van der Waals surface area contributed by atoms with Gasteiger partial charge in [-0.25, -0.2) is 4.79 Å². The van der Waals surface area contributed by atoms with Crippen molar-refractivity contribution in [3.63, 3.8) is 0 Å². The highest BCUT2D eigenvalue weighted by atomic mass is 35.5. The third kappa shape index (κ3) is 5.28. The summed E-state index contributed by atoms with van der Waals surface area (Å²) in [4.78, 5) is 26.4. The van der Waals surface area contributed by atoms with Crippen molar-refractivity contribution in [3.8, 4) is 11.5 Å². The van der Waals surface area contributed by atoms with Crippen LogP contribution in [0, 0.1) is 0 Å². The van der Waals surface area contributed by atoms with E-state index in [1.54, 1.807) is 54.6 Å². The van der Waals surface area contributed by atoms with E-state index in [-0.39, 0.29) is 52.3 Å². The van der Waals surface area contributed by atoms with Crippen LogP contribution in [0.25, 0.3) is 0 Å². The first-order chi connectivity index (χ1) is 16.3. The molecule has 0 spiro atoms. The lowest BCUT2D eigenvalue weighted by Gasteiger charge is -2.34. The highest BCUT2D eigenvalue weighted by molar-refractivity contribution is 6.39. The molecule has 1 atom stereocenters. The molecule has 3 rings (SSSR count). The van der Waals surface area contributed by atoms with Crippen molar-refractivity contribution in [2.45, 2.75) is 12.0 Å². The van der Waals surface area contributed by atoms with Crippen LogP contribution in [0.3, 0.4) is 0 Å². The normalized spacial score (nSPS) is 12.5. The molecule has 0 aromatic heterocycles. The average Bonchev–Trinajstić information content (AvgIpc) is 2.82. The summed E-state index contributed by atoms with van der Waals surface area (Å²) < 4.78 is 11.1. The van der Waals surface area contributed by atoms with Crippen molar-refractivity contribution < 1.29 is 29.3 Å².